The Morgan fingerprint density at radius 2 is 1.81 bits per heavy atom. The van der Waals surface area contributed by atoms with Crippen LogP contribution in [0.5, 0.6) is 0 Å². The minimum absolute atomic E-state index is 0.0259. The molecule has 2 unspecified atom stereocenters. The number of methoxy groups -OCH3 is 2. The summed E-state index contributed by atoms with van der Waals surface area (Å²) in [6, 6.07) is 7.87. The summed E-state index contributed by atoms with van der Waals surface area (Å²) < 4.78 is 11.0. The number of nitrogens with one attached hydrogen (secondary N) is 1. The van der Waals surface area contributed by atoms with Crippen molar-refractivity contribution in [2.45, 2.75) is 12.2 Å². The molecule has 3 rings (SSSR count). The largest absolute Gasteiger partial charge is 0.377 e. The molecule has 1 aromatic carbocycles. The van der Waals surface area contributed by atoms with E-state index in [2.05, 4.69) is 20.3 Å². The zero-order valence-corrected chi connectivity index (χ0v) is 12.1. The van der Waals surface area contributed by atoms with E-state index in [0.717, 1.165) is 29.8 Å². The van der Waals surface area contributed by atoms with Crippen LogP contribution in [0.3, 0.4) is 0 Å². The number of hydrazine groups is 1. The van der Waals surface area contributed by atoms with Gasteiger partial charge in [0.05, 0.1) is 5.52 Å². The van der Waals surface area contributed by atoms with Crippen molar-refractivity contribution < 1.29 is 9.47 Å². The number of hydrogen-bond acceptors (Lipinski definition) is 7. The summed E-state index contributed by atoms with van der Waals surface area (Å²) in [7, 11) is 3.40. The lowest BCUT2D eigenvalue weighted by Gasteiger charge is -2.19. The van der Waals surface area contributed by atoms with E-state index in [1.54, 1.807) is 14.2 Å². The van der Waals surface area contributed by atoms with E-state index in [9.17, 15) is 0 Å². The molecule has 21 heavy (non-hydrogen) atoms. The highest BCUT2D eigenvalue weighted by Gasteiger charge is 2.34. The van der Waals surface area contributed by atoms with Crippen LogP contribution in [-0.4, -0.2) is 49.5 Å². The Balaban J connectivity index is 2.03. The van der Waals surface area contributed by atoms with Gasteiger partial charge in [-0.1, -0.05) is 12.1 Å². The molecule has 0 radical (unpaired) electrons. The molecule has 2 aromatic rings. The van der Waals surface area contributed by atoms with Gasteiger partial charge in [0.15, 0.2) is 0 Å². The maximum absolute atomic E-state index is 5.48. The van der Waals surface area contributed by atoms with Gasteiger partial charge in [-0.25, -0.2) is 10.8 Å². The Morgan fingerprint density at radius 1 is 1.14 bits per heavy atom. The monoisotopic (exact) mass is 289 g/mol. The number of nitrogens with zero attached hydrogens (tertiary/aromatic N) is 3. The van der Waals surface area contributed by atoms with Gasteiger partial charge in [-0.05, 0) is 12.1 Å². The molecule has 7 nitrogen and oxygen atoms in total. The van der Waals surface area contributed by atoms with Crippen LogP contribution < -0.4 is 16.2 Å². The van der Waals surface area contributed by atoms with Crippen LogP contribution in [0.15, 0.2) is 24.3 Å². The molecular formula is C14H19N5O2. The molecule has 2 heterocycles. The van der Waals surface area contributed by atoms with Crippen LogP contribution in [0.1, 0.15) is 0 Å². The van der Waals surface area contributed by atoms with Gasteiger partial charge in [0.1, 0.15) is 18.0 Å². The molecule has 0 amide bonds. The van der Waals surface area contributed by atoms with Crippen molar-refractivity contribution in [2.75, 3.05) is 37.6 Å². The summed E-state index contributed by atoms with van der Waals surface area (Å²) in [5, 5.41) is 0.989. The van der Waals surface area contributed by atoms with Crippen molar-refractivity contribution in [3.8, 4) is 0 Å². The van der Waals surface area contributed by atoms with E-state index >= 15 is 0 Å². The zero-order valence-electron chi connectivity index (χ0n) is 12.1. The van der Waals surface area contributed by atoms with Gasteiger partial charge in [0, 0.05) is 32.7 Å². The summed E-state index contributed by atoms with van der Waals surface area (Å²) >= 11 is 0. The average molecular weight is 289 g/mol. The Kier molecular flexibility index (Phi) is 3.87. The fraction of sp³-hybridized carbons (Fsp3) is 0.429. The van der Waals surface area contributed by atoms with E-state index < -0.39 is 0 Å². The van der Waals surface area contributed by atoms with Crippen molar-refractivity contribution in [3.05, 3.63) is 24.3 Å². The summed E-state index contributed by atoms with van der Waals surface area (Å²) in [5.74, 6) is 6.72. The molecule has 0 saturated carbocycles. The predicted molar refractivity (Wildman–Crippen MR) is 81.2 cm³/mol. The van der Waals surface area contributed by atoms with Gasteiger partial charge in [-0.3, -0.25) is 5.43 Å². The highest BCUT2D eigenvalue weighted by Crippen LogP contribution is 2.29. The zero-order chi connectivity index (χ0) is 14.8. The Bertz CT molecular complexity index is 624. The Labute approximate surface area is 123 Å². The Hall–Kier alpha value is -1.96. The maximum Gasteiger partial charge on any atom is 0.239 e. The minimum atomic E-state index is 0.0259. The van der Waals surface area contributed by atoms with Gasteiger partial charge in [0.25, 0.3) is 0 Å². The number of nitrogens with two attached hydrogens (primary N) is 1. The standard InChI is InChI=1S/C14H19N5O2/c1-20-11-7-19(8-12(11)21-2)13-9-5-3-4-6-10(9)16-14(17-13)18-15/h3-6,11-12H,7-8,15H2,1-2H3,(H,16,17,18). The SMILES string of the molecule is COC1CN(c2nc(NN)nc3ccccc23)CC1OC. The normalized spacial score (nSPS) is 22.0. The summed E-state index contributed by atoms with van der Waals surface area (Å²) in [5.41, 5.74) is 3.37. The highest BCUT2D eigenvalue weighted by molar-refractivity contribution is 5.90. The molecule has 1 aromatic heterocycles. The molecule has 2 atom stereocenters. The number of aromatic nitrogens is 2. The average Bonchev–Trinajstić information content (AvgIpc) is 2.96. The van der Waals surface area contributed by atoms with Crippen LogP contribution in [0.4, 0.5) is 11.8 Å². The number of nitrogen functional groups attached to an aromatic ring is 1. The van der Waals surface area contributed by atoms with Gasteiger partial charge in [-0.15, -0.1) is 0 Å². The molecule has 1 saturated heterocycles. The highest BCUT2D eigenvalue weighted by atomic mass is 16.5. The molecule has 0 bridgehead atoms. The summed E-state index contributed by atoms with van der Waals surface area (Å²) in [6.45, 7) is 1.44. The minimum Gasteiger partial charge on any atom is -0.377 e. The topological polar surface area (TPSA) is 85.5 Å². The van der Waals surface area contributed by atoms with Crippen LogP contribution in [-0.2, 0) is 9.47 Å². The third-order valence-electron chi connectivity index (χ3n) is 3.83. The summed E-state index contributed by atoms with van der Waals surface area (Å²) in [6.07, 6.45) is 0.0519. The van der Waals surface area contributed by atoms with E-state index in [0.29, 0.717) is 5.95 Å². The molecule has 0 spiro atoms. The van der Waals surface area contributed by atoms with E-state index in [1.807, 2.05) is 24.3 Å². The first-order valence-corrected chi connectivity index (χ1v) is 6.80. The number of rotatable bonds is 4. The van der Waals surface area contributed by atoms with Crippen LogP contribution >= 0.6 is 0 Å². The number of benzene rings is 1. The lowest BCUT2D eigenvalue weighted by atomic mass is 10.2. The van der Waals surface area contributed by atoms with Gasteiger partial charge >= 0.3 is 0 Å². The predicted octanol–water partition coefficient (Wildman–Crippen LogP) is 0.765. The first-order valence-electron chi connectivity index (χ1n) is 6.80. The third-order valence-corrected chi connectivity index (χ3v) is 3.83. The Morgan fingerprint density at radius 3 is 2.43 bits per heavy atom. The number of para-hydroxylation sites is 1. The van der Waals surface area contributed by atoms with E-state index in [1.165, 1.54) is 0 Å². The van der Waals surface area contributed by atoms with Crippen LogP contribution in [0, 0.1) is 0 Å². The van der Waals surface area contributed by atoms with E-state index in [4.69, 9.17) is 15.3 Å². The second-order valence-electron chi connectivity index (χ2n) is 4.99. The van der Waals surface area contributed by atoms with Crippen LogP contribution in [0.2, 0.25) is 0 Å². The lowest BCUT2D eigenvalue weighted by Crippen LogP contribution is -2.27. The van der Waals surface area contributed by atoms with Crippen molar-refractivity contribution >= 4 is 22.7 Å². The number of fused-ring (bicyclic) bond motifs is 1. The first kappa shape index (κ1) is 14.0. The van der Waals surface area contributed by atoms with Gasteiger partial charge < -0.3 is 14.4 Å². The molecular weight excluding hydrogens is 270 g/mol. The molecule has 1 aliphatic heterocycles. The second kappa shape index (κ2) is 5.80. The second-order valence-corrected chi connectivity index (χ2v) is 4.99. The van der Waals surface area contributed by atoms with Crippen molar-refractivity contribution in [2.24, 2.45) is 5.84 Å². The van der Waals surface area contributed by atoms with Gasteiger partial charge in [0.2, 0.25) is 5.95 Å². The number of anilines is 2. The fourth-order valence-corrected chi connectivity index (χ4v) is 2.74. The van der Waals surface area contributed by atoms with Crippen molar-refractivity contribution in [1.82, 2.24) is 9.97 Å². The lowest BCUT2D eigenvalue weighted by molar-refractivity contribution is -0.00461. The van der Waals surface area contributed by atoms with E-state index in [-0.39, 0.29) is 12.2 Å². The first-order chi connectivity index (χ1) is 10.3. The molecule has 7 heteroatoms. The fourth-order valence-electron chi connectivity index (χ4n) is 2.74. The quantitative estimate of drug-likeness (QED) is 0.635. The molecule has 1 aliphatic rings. The summed E-state index contributed by atoms with van der Waals surface area (Å²) in [4.78, 5) is 11.0. The van der Waals surface area contributed by atoms with Gasteiger partial charge in [-0.2, -0.15) is 4.98 Å². The molecule has 112 valence electrons. The maximum atomic E-state index is 5.48. The van der Waals surface area contributed by atoms with Crippen LogP contribution in [0.25, 0.3) is 10.9 Å². The molecule has 3 N–H and O–H groups in total. The number of ether oxygens (including phenoxy) is 2. The van der Waals surface area contributed by atoms with Crippen molar-refractivity contribution in [1.29, 1.82) is 0 Å². The number of hydrogen-bond donors (Lipinski definition) is 2. The third kappa shape index (κ3) is 2.51. The van der Waals surface area contributed by atoms with Crippen molar-refractivity contribution in [3.63, 3.8) is 0 Å². The molecule has 0 aliphatic carbocycles. The molecule has 1 fully saturated rings. The smallest absolute Gasteiger partial charge is 0.239 e.